The fraction of sp³-hybridized carbons (Fsp3) is 0.185. The Bertz CT molecular complexity index is 1390. The zero-order valence-electron chi connectivity index (χ0n) is 18.1. The van der Waals surface area contributed by atoms with Crippen molar-refractivity contribution in [2.75, 3.05) is 6.61 Å². The third-order valence-corrected chi connectivity index (χ3v) is 5.79. The lowest BCUT2D eigenvalue weighted by molar-refractivity contribution is 0.0714. The second-order valence-electron chi connectivity index (χ2n) is 8.05. The molecule has 5 rings (SSSR count). The molecule has 5 nitrogen and oxygen atoms in total. The number of fused-ring (bicyclic) bond motifs is 2. The molecule has 0 N–H and O–H groups in total. The Morgan fingerprint density at radius 1 is 1.00 bits per heavy atom. The number of nitrogens with zero attached hydrogens (tertiary/aromatic N) is 1. The molecule has 1 aromatic heterocycles. The Kier molecular flexibility index (Phi) is 5.42. The number of ether oxygens (including phenoxy) is 1. The zero-order chi connectivity index (χ0) is 22.9. The van der Waals surface area contributed by atoms with E-state index in [0.29, 0.717) is 28.9 Å². The van der Waals surface area contributed by atoms with Crippen molar-refractivity contribution in [3.63, 3.8) is 0 Å². The van der Waals surface area contributed by atoms with E-state index in [0.717, 1.165) is 17.5 Å². The number of halogens is 1. The van der Waals surface area contributed by atoms with Gasteiger partial charge in [0, 0.05) is 6.54 Å². The van der Waals surface area contributed by atoms with Crippen molar-refractivity contribution in [3.05, 3.63) is 111 Å². The van der Waals surface area contributed by atoms with E-state index in [1.807, 2.05) is 31.2 Å². The van der Waals surface area contributed by atoms with Crippen molar-refractivity contribution in [2.45, 2.75) is 25.9 Å². The summed E-state index contributed by atoms with van der Waals surface area (Å²) in [5.74, 6) is -0.00916. The molecule has 4 aromatic rings. The molecule has 1 amide bonds. The van der Waals surface area contributed by atoms with Gasteiger partial charge in [0.25, 0.3) is 5.91 Å². The van der Waals surface area contributed by atoms with Crippen LogP contribution in [0.2, 0.25) is 0 Å². The molecule has 1 atom stereocenters. The van der Waals surface area contributed by atoms with E-state index in [9.17, 15) is 14.0 Å². The largest absolute Gasteiger partial charge is 0.494 e. The van der Waals surface area contributed by atoms with Crippen LogP contribution in [-0.4, -0.2) is 17.4 Å². The van der Waals surface area contributed by atoms with Gasteiger partial charge in [0.05, 0.1) is 23.6 Å². The molecule has 2 heterocycles. The van der Waals surface area contributed by atoms with E-state index in [4.69, 9.17) is 9.15 Å². The quantitative estimate of drug-likeness (QED) is 0.397. The normalized spacial score (nSPS) is 15.2. The van der Waals surface area contributed by atoms with E-state index in [-0.39, 0.29) is 29.5 Å². The molecule has 1 aliphatic heterocycles. The first-order valence-electron chi connectivity index (χ1n) is 10.9. The van der Waals surface area contributed by atoms with Crippen molar-refractivity contribution in [3.8, 4) is 5.75 Å². The minimum Gasteiger partial charge on any atom is -0.494 e. The summed E-state index contributed by atoms with van der Waals surface area (Å²) in [6.45, 7) is 2.79. The second kappa shape index (κ2) is 8.54. The summed E-state index contributed by atoms with van der Waals surface area (Å²) in [6, 6.07) is 19.7. The topological polar surface area (TPSA) is 59.8 Å². The maximum absolute atomic E-state index is 13.5. The van der Waals surface area contributed by atoms with Crippen molar-refractivity contribution >= 4 is 16.9 Å². The highest BCUT2D eigenvalue weighted by atomic mass is 19.1. The zero-order valence-corrected chi connectivity index (χ0v) is 18.1. The number of benzene rings is 3. The standard InChI is InChI=1S/C27H22FNO4/c1-2-14-32-20-7-5-6-18(15-20)24-23-25(30)21-8-3-4-9-22(21)33-26(23)27(31)29(24)16-17-10-12-19(28)13-11-17/h3-13,15,24H,2,14,16H2,1H3. The van der Waals surface area contributed by atoms with Crippen LogP contribution in [0.25, 0.3) is 11.0 Å². The van der Waals surface area contributed by atoms with Gasteiger partial charge in [-0.2, -0.15) is 0 Å². The lowest BCUT2D eigenvalue weighted by Crippen LogP contribution is -2.29. The minimum atomic E-state index is -0.649. The number of hydrogen-bond donors (Lipinski definition) is 0. The number of hydrogen-bond acceptors (Lipinski definition) is 4. The molecule has 33 heavy (non-hydrogen) atoms. The lowest BCUT2D eigenvalue weighted by atomic mass is 9.98. The third-order valence-electron chi connectivity index (χ3n) is 5.79. The molecule has 1 unspecified atom stereocenters. The van der Waals surface area contributed by atoms with Crippen LogP contribution in [0.5, 0.6) is 5.75 Å². The van der Waals surface area contributed by atoms with Crippen LogP contribution < -0.4 is 10.2 Å². The Morgan fingerprint density at radius 3 is 2.58 bits per heavy atom. The van der Waals surface area contributed by atoms with Crippen molar-refractivity contribution in [1.82, 2.24) is 4.90 Å². The second-order valence-corrected chi connectivity index (χ2v) is 8.05. The fourth-order valence-electron chi connectivity index (χ4n) is 4.26. The van der Waals surface area contributed by atoms with Crippen LogP contribution in [0.1, 0.15) is 46.6 Å². The molecular weight excluding hydrogens is 421 g/mol. The van der Waals surface area contributed by atoms with Crippen LogP contribution >= 0.6 is 0 Å². The van der Waals surface area contributed by atoms with Gasteiger partial charge >= 0.3 is 0 Å². The maximum Gasteiger partial charge on any atom is 0.291 e. The predicted molar refractivity (Wildman–Crippen MR) is 123 cm³/mol. The van der Waals surface area contributed by atoms with Crippen LogP contribution in [0.3, 0.4) is 0 Å². The van der Waals surface area contributed by atoms with E-state index in [1.165, 1.54) is 12.1 Å². The van der Waals surface area contributed by atoms with Gasteiger partial charge in [-0.05, 0) is 53.9 Å². The molecule has 0 saturated carbocycles. The van der Waals surface area contributed by atoms with Gasteiger partial charge in [-0.1, -0.05) is 43.3 Å². The van der Waals surface area contributed by atoms with Gasteiger partial charge in [0.2, 0.25) is 5.76 Å². The Balaban J connectivity index is 1.67. The molecule has 6 heteroatoms. The molecule has 0 fully saturated rings. The molecule has 1 aliphatic rings. The average molecular weight is 443 g/mol. The molecule has 0 spiro atoms. The maximum atomic E-state index is 13.5. The number of para-hydroxylation sites is 1. The van der Waals surface area contributed by atoms with Gasteiger partial charge in [-0.25, -0.2) is 4.39 Å². The first kappa shape index (κ1) is 20.9. The monoisotopic (exact) mass is 443 g/mol. The predicted octanol–water partition coefficient (Wildman–Crippen LogP) is 5.47. The molecule has 0 saturated heterocycles. The van der Waals surface area contributed by atoms with Crippen LogP contribution in [0.4, 0.5) is 4.39 Å². The summed E-state index contributed by atoms with van der Waals surface area (Å²) in [6.07, 6.45) is 0.862. The number of carbonyl (C=O) groups excluding carboxylic acids is 1. The molecule has 0 bridgehead atoms. The Morgan fingerprint density at radius 2 is 1.79 bits per heavy atom. The van der Waals surface area contributed by atoms with Gasteiger partial charge < -0.3 is 14.1 Å². The summed E-state index contributed by atoms with van der Waals surface area (Å²) in [5, 5.41) is 0.427. The van der Waals surface area contributed by atoms with E-state index >= 15 is 0 Å². The van der Waals surface area contributed by atoms with Crippen LogP contribution in [0, 0.1) is 5.82 Å². The van der Waals surface area contributed by atoms with Crippen LogP contribution in [0.15, 0.2) is 82.0 Å². The highest BCUT2D eigenvalue weighted by molar-refractivity contribution is 5.99. The number of rotatable bonds is 6. The molecular formula is C27H22FNO4. The summed E-state index contributed by atoms with van der Waals surface area (Å²) >= 11 is 0. The third kappa shape index (κ3) is 3.78. The minimum absolute atomic E-state index is 0.0469. The first-order valence-corrected chi connectivity index (χ1v) is 10.9. The van der Waals surface area contributed by atoms with E-state index in [2.05, 4.69) is 0 Å². The number of carbonyl (C=O) groups is 1. The average Bonchev–Trinajstić information content (AvgIpc) is 3.11. The summed E-state index contributed by atoms with van der Waals surface area (Å²) in [5.41, 5.74) is 1.95. The summed E-state index contributed by atoms with van der Waals surface area (Å²) < 4.78 is 25.2. The Labute approximate surface area is 190 Å². The van der Waals surface area contributed by atoms with Gasteiger partial charge in [0.1, 0.15) is 17.1 Å². The lowest BCUT2D eigenvalue weighted by Gasteiger charge is -2.25. The molecule has 0 radical (unpaired) electrons. The fourth-order valence-corrected chi connectivity index (χ4v) is 4.26. The SMILES string of the molecule is CCCOc1cccc(C2c3c(oc4ccccc4c3=O)C(=O)N2Cc2ccc(F)cc2)c1. The number of amides is 1. The summed E-state index contributed by atoms with van der Waals surface area (Å²) in [4.78, 5) is 28.6. The smallest absolute Gasteiger partial charge is 0.291 e. The highest BCUT2D eigenvalue weighted by Gasteiger charge is 2.42. The Hall–Kier alpha value is -3.93. The van der Waals surface area contributed by atoms with Gasteiger partial charge in [-0.15, -0.1) is 0 Å². The van der Waals surface area contributed by atoms with Crippen molar-refractivity contribution in [1.29, 1.82) is 0 Å². The van der Waals surface area contributed by atoms with Crippen molar-refractivity contribution in [2.24, 2.45) is 0 Å². The van der Waals surface area contributed by atoms with E-state index < -0.39 is 6.04 Å². The van der Waals surface area contributed by atoms with E-state index in [1.54, 1.807) is 41.3 Å². The molecule has 3 aromatic carbocycles. The van der Waals surface area contributed by atoms with Gasteiger partial charge in [-0.3, -0.25) is 9.59 Å². The van der Waals surface area contributed by atoms with Crippen molar-refractivity contribution < 1.29 is 18.3 Å². The van der Waals surface area contributed by atoms with Gasteiger partial charge in [0.15, 0.2) is 5.43 Å². The van der Waals surface area contributed by atoms with Crippen LogP contribution in [-0.2, 0) is 6.54 Å². The molecule has 166 valence electrons. The molecule has 0 aliphatic carbocycles. The highest BCUT2D eigenvalue weighted by Crippen LogP contribution is 2.40. The summed E-state index contributed by atoms with van der Waals surface area (Å²) in [7, 11) is 0. The first-order chi connectivity index (χ1) is 16.1.